The molecule has 0 aliphatic carbocycles. The first-order valence-corrected chi connectivity index (χ1v) is 8.67. The van der Waals surface area contributed by atoms with Crippen LogP contribution in [-0.4, -0.2) is 60.4 Å². The van der Waals surface area contributed by atoms with Crippen molar-refractivity contribution < 1.29 is 14.3 Å². The Morgan fingerprint density at radius 2 is 2.04 bits per heavy atom. The summed E-state index contributed by atoms with van der Waals surface area (Å²) >= 11 is 1.17. The summed E-state index contributed by atoms with van der Waals surface area (Å²) in [6.45, 7) is 2.71. The molecule has 1 atom stereocenters. The summed E-state index contributed by atoms with van der Waals surface area (Å²) in [4.78, 5) is 31.7. The first-order valence-electron chi connectivity index (χ1n) is 7.79. The van der Waals surface area contributed by atoms with E-state index in [1.807, 2.05) is 24.3 Å². The zero-order valence-electron chi connectivity index (χ0n) is 13.5. The molecule has 2 aliphatic rings. The minimum Gasteiger partial charge on any atom is -0.495 e. The van der Waals surface area contributed by atoms with Gasteiger partial charge in [-0.15, -0.1) is 0 Å². The quantitative estimate of drug-likeness (QED) is 0.861. The number of methoxy groups -OCH3 is 1. The predicted octanol–water partition coefficient (Wildman–Crippen LogP) is 0.691. The molecule has 8 heteroatoms. The largest absolute Gasteiger partial charge is 0.495 e. The average Bonchev–Trinajstić information content (AvgIpc) is 2.92. The second-order valence-corrected chi connectivity index (χ2v) is 6.86. The predicted molar refractivity (Wildman–Crippen MR) is 94.4 cm³/mol. The van der Waals surface area contributed by atoms with Crippen molar-refractivity contribution >= 4 is 34.4 Å². The molecule has 2 aliphatic heterocycles. The van der Waals surface area contributed by atoms with Crippen molar-refractivity contribution in [1.29, 1.82) is 0 Å². The molecule has 3 rings (SSSR count). The lowest BCUT2D eigenvalue weighted by Crippen LogP contribution is -2.49. The Morgan fingerprint density at radius 1 is 1.33 bits per heavy atom. The number of anilines is 1. The van der Waals surface area contributed by atoms with Crippen LogP contribution < -0.4 is 15.4 Å². The van der Waals surface area contributed by atoms with Gasteiger partial charge in [-0.2, -0.15) is 4.99 Å². The minimum absolute atomic E-state index is 0.0228. The average molecular weight is 348 g/mol. The number of carbonyl (C=O) groups excluding carboxylic acids is 2. The number of benzene rings is 1. The second-order valence-electron chi connectivity index (χ2n) is 5.64. The lowest BCUT2D eigenvalue weighted by atomic mass is 10.2. The van der Waals surface area contributed by atoms with Gasteiger partial charge in [0.25, 0.3) is 5.91 Å². The Labute approximate surface area is 144 Å². The fraction of sp³-hybridized carbons (Fsp3) is 0.438. The molecular formula is C16H20N4O3S. The smallest absolute Gasteiger partial charge is 0.262 e. The topological polar surface area (TPSA) is 88.2 Å². The molecule has 1 aromatic rings. The zero-order valence-corrected chi connectivity index (χ0v) is 14.3. The van der Waals surface area contributed by atoms with Gasteiger partial charge in [0.2, 0.25) is 5.91 Å². The number of ether oxygens (including phenoxy) is 1. The number of aliphatic imine (C=N–C) groups is 1. The van der Waals surface area contributed by atoms with Crippen LogP contribution in [0.1, 0.15) is 6.42 Å². The Kier molecular flexibility index (Phi) is 4.94. The van der Waals surface area contributed by atoms with Crippen LogP contribution in [0.2, 0.25) is 0 Å². The molecule has 2 heterocycles. The van der Waals surface area contributed by atoms with Crippen molar-refractivity contribution in [3.63, 3.8) is 0 Å². The van der Waals surface area contributed by atoms with Gasteiger partial charge in [0, 0.05) is 32.6 Å². The molecular weight excluding hydrogens is 328 g/mol. The zero-order chi connectivity index (χ0) is 17.1. The van der Waals surface area contributed by atoms with Crippen molar-refractivity contribution in [2.45, 2.75) is 11.7 Å². The maximum atomic E-state index is 12.4. The van der Waals surface area contributed by atoms with Crippen molar-refractivity contribution in [3.8, 4) is 5.75 Å². The van der Waals surface area contributed by atoms with Crippen LogP contribution >= 0.6 is 11.8 Å². The van der Waals surface area contributed by atoms with Crippen molar-refractivity contribution in [3.05, 3.63) is 24.3 Å². The Morgan fingerprint density at radius 3 is 2.67 bits per heavy atom. The lowest BCUT2D eigenvalue weighted by Gasteiger charge is -2.36. The molecule has 2 amide bonds. The van der Waals surface area contributed by atoms with Gasteiger partial charge in [0.05, 0.1) is 12.8 Å². The van der Waals surface area contributed by atoms with Crippen molar-refractivity contribution in [2.24, 2.45) is 10.7 Å². The van der Waals surface area contributed by atoms with Gasteiger partial charge in [-0.3, -0.25) is 9.59 Å². The highest BCUT2D eigenvalue weighted by molar-refractivity contribution is 8.15. The van der Waals surface area contributed by atoms with E-state index in [2.05, 4.69) is 9.89 Å². The highest BCUT2D eigenvalue weighted by atomic mass is 32.2. The summed E-state index contributed by atoms with van der Waals surface area (Å²) in [5, 5.41) is -0.219. The van der Waals surface area contributed by atoms with Gasteiger partial charge in [-0.05, 0) is 12.1 Å². The van der Waals surface area contributed by atoms with E-state index in [0.717, 1.165) is 24.5 Å². The highest BCUT2D eigenvalue weighted by Crippen LogP contribution is 2.29. The maximum Gasteiger partial charge on any atom is 0.262 e. The summed E-state index contributed by atoms with van der Waals surface area (Å²) in [6, 6.07) is 7.86. The third kappa shape index (κ3) is 3.48. The number of rotatable bonds is 4. The summed E-state index contributed by atoms with van der Waals surface area (Å²) in [7, 11) is 1.66. The van der Waals surface area contributed by atoms with Crippen LogP contribution in [0.15, 0.2) is 29.3 Å². The molecule has 0 aromatic heterocycles. The van der Waals surface area contributed by atoms with E-state index in [9.17, 15) is 9.59 Å². The first-order chi connectivity index (χ1) is 11.6. The van der Waals surface area contributed by atoms with E-state index in [0.29, 0.717) is 13.1 Å². The number of amides is 2. The molecule has 1 saturated heterocycles. The number of carbonyl (C=O) groups is 2. The number of hydrogen-bond donors (Lipinski definition) is 1. The standard InChI is InChI=1S/C16H20N4O3S/c1-23-12-5-3-2-4-11(12)19-6-8-20(9-7-19)14(21)10-13-15(22)18-16(17)24-13/h2-5,13H,6-10H2,1H3,(H2,17,18,22). The third-order valence-corrected chi connectivity index (χ3v) is 5.16. The minimum atomic E-state index is -0.468. The molecule has 128 valence electrons. The van der Waals surface area contributed by atoms with Gasteiger partial charge in [0.1, 0.15) is 11.0 Å². The van der Waals surface area contributed by atoms with E-state index in [1.165, 1.54) is 11.8 Å². The van der Waals surface area contributed by atoms with Gasteiger partial charge in [-0.25, -0.2) is 0 Å². The fourth-order valence-corrected chi connectivity index (χ4v) is 3.72. The molecule has 0 spiro atoms. The summed E-state index contributed by atoms with van der Waals surface area (Å²) < 4.78 is 5.40. The first kappa shape index (κ1) is 16.6. The number of thioether (sulfide) groups is 1. The Hall–Kier alpha value is -2.22. The Bertz CT molecular complexity index is 671. The molecule has 2 N–H and O–H groups in total. The SMILES string of the molecule is COc1ccccc1N1CCN(C(=O)CC2SC(N)=NC2=O)CC1. The van der Waals surface area contributed by atoms with Crippen LogP contribution in [0.3, 0.4) is 0 Å². The second kappa shape index (κ2) is 7.12. The molecule has 1 unspecified atom stereocenters. The van der Waals surface area contributed by atoms with E-state index < -0.39 is 5.25 Å². The lowest BCUT2D eigenvalue weighted by molar-refractivity contribution is -0.133. The summed E-state index contributed by atoms with van der Waals surface area (Å²) in [5.74, 6) is 0.502. The van der Waals surface area contributed by atoms with Crippen LogP contribution in [0.5, 0.6) is 5.75 Å². The van der Waals surface area contributed by atoms with Gasteiger partial charge in [-0.1, -0.05) is 23.9 Å². The van der Waals surface area contributed by atoms with E-state index in [4.69, 9.17) is 10.5 Å². The van der Waals surface area contributed by atoms with Gasteiger partial charge < -0.3 is 20.3 Å². The number of hydrogen-bond acceptors (Lipinski definition) is 6. The number of para-hydroxylation sites is 2. The van der Waals surface area contributed by atoms with Crippen molar-refractivity contribution in [1.82, 2.24) is 4.90 Å². The monoisotopic (exact) mass is 348 g/mol. The Balaban J connectivity index is 1.55. The van der Waals surface area contributed by atoms with Gasteiger partial charge in [0.15, 0.2) is 5.17 Å². The summed E-state index contributed by atoms with van der Waals surface area (Å²) in [5.41, 5.74) is 6.57. The number of nitrogens with two attached hydrogens (primary N) is 1. The fourth-order valence-electron chi connectivity index (χ4n) is 2.91. The third-order valence-electron chi connectivity index (χ3n) is 4.18. The van der Waals surface area contributed by atoms with Crippen LogP contribution in [-0.2, 0) is 9.59 Å². The van der Waals surface area contributed by atoms with Crippen LogP contribution in [0.4, 0.5) is 5.69 Å². The number of amidine groups is 1. The van der Waals surface area contributed by atoms with E-state index in [1.54, 1.807) is 12.0 Å². The van der Waals surface area contributed by atoms with E-state index in [-0.39, 0.29) is 23.4 Å². The molecule has 1 aromatic carbocycles. The molecule has 1 fully saturated rings. The molecule has 0 radical (unpaired) electrons. The number of nitrogens with zero attached hydrogens (tertiary/aromatic N) is 3. The molecule has 7 nitrogen and oxygen atoms in total. The van der Waals surface area contributed by atoms with Crippen molar-refractivity contribution in [2.75, 3.05) is 38.2 Å². The number of piperazine rings is 1. The molecule has 24 heavy (non-hydrogen) atoms. The highest BCUT2D eigenvalue weighted by Gasteiger charge is 2.32. The normalized spacial score (nSPS) is 21.0. The summed E-state index contributed by atoms with van der Waals surface area (Å²) in [6.07, 6.45) is 0.155. The maximum absolute atomic E-state index is 12.4. The molecule has 0 saturated carbocycles. The van der Waals surface area contributed by atoms with E-state index >= 15 is 0 Å². The van der Waals surface area contributed by atoms with Crippen LogP contribution in [0, 0.1) is 0 Å². The van der Waals surface area contributed by atoms with Crippen LogP contribution in [0.25, 0.3) is 0 Å². The van der Waals surface area contributed by atoms with Gasteiger partial charge >= 0.3 is 0 Å². The molecule has 0 bridgehead atoms.